The Morgan fingerprint density at radius 3 is 2.65 bits per heavy atom. The summed E-state index contributed by atoms with van der Waals surface area (Å²) in [6.45, 7) is 1.44. The molecule has 1 saturated heterocycles. The number of rotatable bonds is 2. The number of hydrogen-bond donors (Lipinski definition) is 0. The lowest BCUT2D eigenvalue weighted by molar-refractivity contribution is 0.0603. The fourth-order valence-electron chi connectivity index (χ4n) is 2.28. The number of hydrogen-bond acceptors (Lipinski definition) is 3. The summed E-state index contributed by atoms with van der Waals surface area (Å²) in [5, 5.41) is 11.3. The SMILES string of the molecule is N#Cc1cc(C(=O)N2CC(c3ccc(Cl)cc3)C2)cs1. The van der Waals surface area contributed by atoms with Crippen molar-refractivity contribution in [1.29, 1.82) is 5.26 Å². The number of thiophene rings is 1. The molecule has 2 aromatic rings. The second-order valence-corrected chi connectivity index (χ2v) is 6.12. The van der Waals surface area contributed by atoms with Crippen molar-refractivity contribution in [3.63, 3.8) is 0 Å². The minimum Gasteiger partial charge on any atom is -0.337 e. The minimum atomic E-state index is 0.00737. The molecule has 0 aliphatic carbocycles. The molecule has 5 heteroatoms. The van der Waals surface area contributed by atoms with Gasteiger partial charge in [0, 0.05) is 29.4 Å². The maximum absolute atomic E-state index is 12.2. The van der Waals surface area contributed by atoms with Crippen LogP contribution in [0.1, 0.15) is 26.7 Å². The first-order valence-corrected chi connectivity index (χ1v) is 7.46. The first-order valence-electron chi connectivity index (χ1n) is 6.21. The van der Waals surface area contributed by atoms with Crippen LogP contribution < -0.4 is 0 Å². The van der Waals surface area contributed by atoms with Gasteiger partial charge in [-0.1, -0.05) is 23.7 Å². The van der Waals surface area contributed by atoms with E-state index in [1.165, 1.54) is 16.9 Å². The van der Waals surface area contributed by atoms with Gasteiger partial charge in [0.15, 0.2) is 0 Å². The molecule has 100 valence electrons. The normalized spacial score (nSPS) is 14.7. The van der Waals surface area contributed by atoms with Gasteiger partial charge in [0.2, 0.25) is 0 Å². The summed E-state index contributed by atoms with van der Waals surface area (Å²) in [6.07, 6.45) is 0. The summed E-state index contributed by atoms with van der Waals surface area (Å²) in [5.41, 5.74) is 1.82. The molecule has 0 saturated carbocycles. The molecule has 2 heterocycles. The van der Waals surface area contributed by atoms with Crippen LogP contribution in [0.4, 0.5) is 0 Å². The van der Waals surface area contributed by atoms with Crippen LogP contribution in [-0.2, 0) is 0 Å². The maximum atomic E-state index is 12.2. The maximum Gasteiger partial charge on any atom is 0.254 e. The molecular formula is C15H11ClN2OS. The summed E-state index contributed by atoms with van der Waals surface area (Å²) in [7, 11) is 0. The van der Waals surface area contributed by atoms with Gasteiger partial charge in [-0.25, -0.2) is 0 Å². The highest BCUT2D eigenvalue weighted by Crippen LogP contribution is 2.29. The van der Waals surface area contributed by atoms with Gasteiger partial charge in [-0.15, -0.1) is 11.3 Å². The van der Waals surface area contributed by atoms with Crippen molar-refractivity contribution in [3.8, 4) is 6.07 Å². The topological polar surface area (TPSA) is 44.1 Å². The Bertz CT molecular complexity index is 681. The van der Waals surface area contributed by atoms with Crippen LogP contribution in [-0.4, -0.2) is 23.9 Å². The van der Waals surface area contributed by atoms with E-state index in [9.17, 15) is 4.79 Å². The van der Waals surface area contributed by atoms with Gasteiger partial charge < -0.3 is 4.90 Å². The fourth-order valence-corrected chi connectivity index (χ4v) is 3.08. The van der Waals surface area contributed by atoms with E-state index < -0.39 is 0 Å². The average molecular weight is 303 g/mol. The number of halogens is 1. The molecule has 3 nitrogen and oxygen atoms in total. The lowest BCUT2D eigenvalue weighted by atomic mass is 9.91. The van der Waals surface area contributed by atoms with Gasteiger partial charge in [-0.3, -0.25) is 4.79 Å². The van der Waals surface area contributed by atoms with Crippen molar-refractivity contribution < 1.29 is 4.79 Å². The number of benzene rings is 1. The van der Waals surface area contributed by atoms with Crippen LogP contribution in [0.15, 0.2) is 35.7 Å². The van der Waals surface area contributed by atoms with Crippen molar-refractivity contribution in [2.24, 2.45) is 0 Å². The van der Waals surface area contributed by atoms with E-state index in [1.807, 2.05) is 29.2 Å². The Morgan fingerprint density at radius 2 is 2.05 bits per heavy atom. The molecule has 1 aromatic heterocycles. The predicted molar refractivity (Wildman–Crippen MR) is 79.1 cm³/mol. The Morgan fingerprint density at radius 1 is 1.35 bits per heavy atom. The molecule has 0 spiro atoms. The van der Waals surface area contributed by atoms with Crippen molar-refractivity contribution in [1.82, 2.24) is 4.90 Å². The molecule has 1 aliphatic rings. The van der Waals surface area contributed by atoms with Crippen LogP contribution in [0.2, 0.25) is 5.02 Å². The second-order valence-electron chi connectivity index (χ2n) is 4.77. The number of carbonyl (C=O) groups is 1. The monoisotopic (exact) mass is 302 g/mol. The predicted octanol–water partition coefficient (Wildman–Crippen LogP) is 3.51. The van der Waals surface area contributed by atoms with Crippen molar-refractivity contribution in [2.75, 3.05) is 13.1 Å². The van der Waals surface area contributed by atoms with Crippen molar-refractivity contribution in [3.05, 3.63) is 56.7 Å². The first-order chi connectivity index (χ1) is 9.67. The number of likely N-dealkylation sites (tertiary alicyclic amines) is 1. The van der Waals surface area contributed by atoms with Crippen LogP contribution in [0.3, 0.4) is 0 Å². The summed E-state index contributed by atoms with van der Waals surface area (Å²) < 4.78 is 0. The van der Waals surface area contributed by atoms with E-state index >= 15 is 0 Å². The minimum absolute atomic E-state index is 0.00737. The van der Waals surface area contributed by atoms with E-state index in [0.29, 0.717) is 16.4 Å². The molecule has 0 atom stereocenters. The molecular weight excluding hydrogens is 292 g/mol. The second kappa shape index (κ2) is 5.28. The number of nitriles is 1. The number of carbonyl (C=O) groups excluding carboxylic acids is 1. The van der Waals surface area contributed by atoms with Crippen molar-refractivity contribution in [2.45, 2.75) is 5.92 Å². The third kappa shape index (κ3) is 2.43. The molecule has 0 N–H and O–H groups in total. The molecule has 1 aliphatic heterocycles. The first kappa shape index (κ1) is 13.2. The lowest BCUT2D eigenvalue weighted by Gasteiger charge is -2.39. The van der Waals surface area contributed by atoms with Crippen molar-refractivity contribution >= 4 is 28.8 Å². The zero-order valence-electron chi connectivity index (χ0n) is 10.5. The van der Waals surface area contributed by atoms with Crippen LogP contribution in [0, 0.1) is 11.3 Å². The smallest absolute Gasteiger partial charge is 0.254 e. The Labute approximate surface area is 126 Å². The highest BCUT2D eigenvalue weighted by Gasteiger charge is 2.32. The zero-order chi connectivity index (χ0) is 14.1. The fraction of sp³-hybridized carbons (Fsp3) is 0.200. The molecule has 0 unspecified atom stereocenters. The van der Waals surface area contributed by atoms with Crippen LogP contribution in [0.5, 0.6) is 0 Å². The van der Waals surface area contributed by atoms with E-state index in [2.05, 4.69) is 6.07 Å². The Kier molecular flexibility index (Phi) is 3.47. The van der Waals surface area contributed by atoms with E-state index in [0.717, 1.165) is 18.1 Å². The Hall–Kier alpha value is -1.83. The van der Waals surface area contributed by atoms with Gasteiger partial charge in [-0.2, -0.15) is 5.26 Å². The standard InChI is InChI=1S/C15H11ClN2OS/c16-13-3-1-10(2-4-13)12-7-18(8-12)15(19)11-5-14(6-17)20-9-11/h1-5,9,12H,7-8H2. The van der Waals surface area contributed by atoms with Gasteiger partial charge >= 0.3 is 0 Å². The number of amides is 1. The van der Waals surface area contributed by atoms with Gasteiger partial charge in [0.25, 0.3) is 5.91 Å². The third-order valence-electron chi connectivity index (χ3n) is 3.47. The summed E-state index contributed by atoms with van der Waals surface area (Å²) >= 11 is 7.17. The lowest BCUT2D eigenvalue weighted by Crippen LogP contribution is -2.48. The largest absolute Gasteiger partial charge is 0.337 e. The average Bonchev–Trinajstić information content (AvgIpc) is 2.88. The highest BCUT2D eigenvalue weighted by molar-refractivity contribution is 7.10. The molecule has 0 bridgehead atoms. The summed E-state index contributed by atoms with van der Waals surface area (Å²) in [5.74, 6) is 0.387. The van der Waals surface area contributed by atoms with Gasteiger partial charge in [0.05, 0.1) is 5.56 Å². The van der Waals surface area contributed by atoms with Gasteiger partial charge in [-0.05, 0) is 23.8 Å². The third-order valence-corrected chi connectivity index (χ3v) is 4.55. The molecule has 1 fully saturated rings. The van der Waals surface area contributed by atoms with Crippen LogP contribution in [0.25, 0.3) is 0 Å². The summed E-state index contributed by atoms with van der Waals surface area (Å²) in [4.78, 5) is 14.6. The van der Waals surface area contributed by atoms with E-state index in [1.54, 1.807) is 11.4 Å². The summed E-state index contributed by atoms with van der Waals surface area (Å²) in [6, 6.07) is 11.5. The molecule has 0 radical (unpaired) electrons. The zero-order valence-corrected chi connectivity index (χ0v) is 12.1. The molecule has 1 aromatic carbocycles. The highest BCUT2D eigenvalue weighted by atomic mass is 35.5. The van der Waals surface area contributed by atoms with Crippen LogP contribution >= 0.6 is 22.9 Å². The Balaban J connectivity index is 1.64. The molecule has 1 amide bonds. The molecule has 3 rings (SSSR count). The van der Waals surface area contributed by atoms with E-state index in [-0.39, 0.29) is 5.91 Å². The quantitative estimate of drug-likeness (QED) is 0.852. The molecule has 20 heavy (non-hydrogen) atoms. The van der Waals surface area contributed by atoms with Gasteiger partial charge in [0.1, 0.15) is 10.9 Å². The van der Waals surface area contributed by atoms with E-state index in [4.69, 9.17) is 16.9 Å². The number of nitrogens with zero attached hydrogens (tertiary/aromatic N) is 2.